The molecule has 0 saturated carbocycles. The van der Waals surface area contributed by atoms with Gasteiger partial charge < -0.3 is 9.73 Å². The molecule has 0 atom stereocenters. The van der Waals surface area contributed by atoms with Crippen LogP contribution in [0.1, 0.15) is 11.5 Å². The zero-order chi connectivity index (χ0) is 19.5. The van der Waals surface area contributed by atoms with Crippen LogP contribution >= 0.6 is 11.8 Å². The third kappa shape index (κ3) is 4.04. The van der Waals surface area contributed by atoms with Crippen LogP contribution in [0.25, 0.3) is 22.3 Å². The molecule has 4 rings (SSSR count). The van der Waals surface area contributed by atoms with Crippen LogP contribution in [0.2, 0.25) is 0 Å². The molecule has 1 N–H and O–H groups in total. The van der Waals surface area contributed by atoms with E-state index in [4.69, 9.17) is 4.42 Å². The first-order valence-electron chi connectivity index (χ1n) is 8.77. The zero-order valence-corrected chi connectivity index (χ0v) is 16.3. The van der Waals surface area contributed by atoms with Crippen LogP contribution < -0.4 is 5.32 Å². The molecule has 7 heteroatoms. The fraction of sp³-hybridized carbons (Fsp3) is 0.143. The van der Waals surface area contributed by atoms with Crippen molar-refractivity contribution in [2.75, 3.05) is 11.1 Å². The molecule has 0 spiro atoms. The number of oxazole rings is 1. The smallest absolute Gasteiger partial charge is 0.256 e. The van der Waals surface area contributed by atoms with Crippen LogP contribution in [0.5, 0.6) is 0 Å². The number of anilines is 1. The number of rotatable bonds is 5. The van der Waals surface area contributed by atoms with Crippen LogP contribution in [0.15, 0.2) is 64.4 Å². The molecule has 2 aromatic heterocycles. The lowest BCUT2D eigenvalue weighted by molar-refractivity contribution is -0.113. The van der Waals surface area contributed by atoms with Gasteiger partial charge in [0.2, 0.25) is 5.91 Å². The molecular weight excluding hydrogens is 372 g/mol. The van der Waals surface area contributed by atoms with E-state index in [0.717, 1.165) is 33.7 Å². The number of thioether (sulfide) groups is 1. The molecule has 0 fully saturated rings. The van der Waals surface area contributed by atoms with Crippen molar-refractivity contribution in [3.63, 3.8) is 0 Å². The van der Waals surface area contributed by atoms with Crippen LogP contribution in [-0.4, -0.2) is 26.6 Å². The summed E-state index contributed by atoms with van der Waals surface area (Å²) in [5, 5.41) is 3.41. The Morgan fingerprint density at radius 2 is 1.89 bits per heavy atom. The minimum Gasteiger partial charge on any atom is -0.437 e. The maximum atomic E-state index is 12.3. The van der Waals surface area contributed by atoms with Crippen LogP contribution in [-0.2, 0) is 4.79 Å². The van der Waals surface area contributed by atoms with Crippen molar-refractivity contribution in [3.8, 4) is 11.3 Å². The van der Waals surface area contributed by atoms with Gasteiger partial charge in [0, 0.05) is 11.3 Å². The van der Waals surface area contributed by atoms with Gasteiger partial charge in [0.25, 0.3) is 5.22 Å². The number of hydrogen-bond donors (Lipinski definition) is 1. The molecule has 2 aromatic carbocycles. The number of nitrogens with zero attached hydrogens (tertiary/aromatic N) is 3. The van der Waals surface area contributed by atoms with Crippen molar-refractivity contribution in [1.82, 2.24) is 15.0 Å². The highest BCUT2D eigenvalue weighted by Crippen LogP contribution is 2.23. The number of hydrogen-bond acceptors (Lipinski definition) is 6. The van der Waals surface area contributed by atoms with Gasteiger partial charge in [0.1, 0.15) is 5.76 Å². The maximum absolute atomic E-state index is 12.3. The van der Waals surface area contributed by atoms with Gasteiger partial charge in [0.05, 0.1) is 34.4 Å². The summed E-state index contributed by atoms with van der Waals surface area (Å²) in [6.07, 6.45) is 1.74. The monoisotopic (exact) mass is 390 g/mol. The van der Waals surface area contributed by atoms with Gasteiger partial charge in [-0.1, -0.05) is 36.0 Å². The van der Waals surface area contributed by atoms with Crippen LogP contribution in [0.4, 0.5) is 5.69 Å². The fourth-order valence-electron chi connectivity index (χ4n) is 2.68. The Hall–Kier alpha value is -3.19. The van der Waals surface area contributed by atoms with Gasteiger partial charge in [-0.05, 0) is 38.1 Å². The first-order valence-corrected chi connectivity index (χ1v) is 9.76. The van der Waals surface area contributed by atoms with E-state index < -0.39 is 0 Å². The van der Waals surface area contributed by atoms with Crippen molar-refractivity contribution in [2.24, 2.45) is 0 Å². The molecule has 0 unspecified atom stereocenters. The second-order valence-corrected chi connectivity index (χ2v) is 7.21. The second-order valence-electron chi connectivity index (χ2n) is 6.28. The van der Waals surface area contributed by atoms with E-state index in [0.29, 0.717) is 10.9 Å². The highest BCUT2D eigenvalue weighted by molar-refractivity contribution is 7.99. The topological polar surface area (TPSA) is 80.9 Å². The molecule has 0 saturated heterocycles. The van der Waals surface area contributed by atoms with E-state index >= 15 is 0 Å². The summed E-state index contributed by atoms with van der Waals surface area (Å²) in [5.41, 5.74) is 4.88. The van der Waals surface area contributed by atoms with Crippen LogP contribution in [0.3, 0.4) is 0 Å². The molecule has 0 aliphatic carbocycles. The molecule has 6 nitrogen and oxygen atoms in total. The molecular formula is C21H18N4O2S. The predicted octanol–water partition coefficient (Wildman–Crippen LogP) is 4.63. The average Bonchev–Trinajstić information content (AvgIpc) is 3.04. The van der Waals surface area contributed by atoms with Gasteiger partial charge in [-0.25, -0.2) is 9.97 Å². The minimum absolute atomic E-state index is 0.125. The highest BCUT2D eigenvalue weighted by atomic mass is 32.2. The number of carbonyl (C=O) groups is 1. The van der Waals surface area contributed by atoms with Crippen LogP contribution in [0, 0.1) is 13.8 Å². The predicted molar refractivity (Wildman–Crippen MR) is 110 cm³/mol. The second kappa shape index (κ2) is 7.82. The van der Waals surface area contributed by atoms with Crippen molar-refractivity contribution < 1.29 is 9.21 Å². The van der Waals surface area contributed by atoms with E-state index in [9.17, 15) is 4.79 Å². The Balaban J connectivity index is 1.46. The number of benzene rings is 2. The van der Waals surface area contributed by atoms with Crippen molar-refractivity contribution in [3.05, 3.63) is 66.2 Å². The third-order valence-electron chi connectivity index (χ3n) is 4.23. The van der Waals surface area contributed by atoms with Crippen molar-refractivity contribution in [2.45, 2.75) is 19.1 Å². The van der Waals surface area contributed by atoms with Crippen molar-refractivity contribution in [1.29, 1.82) is 0 Å². The fourth-order valence-corrected chi connectivity index (χ4v) is 3.39. The lowest BCUT2D eigenvalue weighted by Gasteiger charge is -2.07. The van der Waals surface area contributed by atoms with Gasteiger partial charge >= 0.3 is 0 Å². The van der Waals surface area contributed by atoms with Crippen molar-refractivity contribution >= 4 is 34.4 Å². The molecule has 2 heterocycles. The summed E-state index contributed by atoms with van der Waals surface area (Å²) in [4.78, 5) is 25.6. The summed E-state index contributed by atoms with van der Waals surface area (Å²) in [6, 6.07) is 15.3. The Kier molecular flexibility index (Phi) is 5.08. The zero-order valence-electron chi connectivity index (χ0n) is 15.5. The normalized spacial score (nSPS) is 10.9. The molecule has 28 heavy (non-hydrogen) atoms. The summed E-state index contributed by atoms with van der Waals surface area (Å²) in [7, 11) is 0. The first-order chi connectivity index (χ1) is 13.6. The standard InChI is InChI=1S/C21H18N4O2S/c1-13-14(2)27-21(23-13)28-12-20(26)24-16-7-5-6-15(10-16)19-11-22-17-8-3-4-9-18(17)25-19/h3-11H,12H2,1-2H3,(H,24,26). The summed E-state index contributed by atoms with van der Waals surface area (Å²) in [6.45, 7) is 3.73. The minimum atomic E-state index is -0.125. The number of fused-ring (bicyclic) bond motifs is 1. The largest absolute Gasteiger partial charge is 0.437 e. The number of para-hydroxylation sites is 2. The Bertz CT molecular complexity index is 1140. The van der Waals surface area contributed by atoms with Gasteiger partial charge in [-0.15, -0.1) is 0 Å². The number of amides is 1. The highest BCUT2D eigenvalue weighted by Gasteiger charge is 2.10. The Labute approximate surface area is 166 Å². The van der Waals surface area contributed by atoms with E-state index in [-0.39, 0.29) is 11.7 Å². The summed E-state index contributed by atoms with van der Waals surface area (Å²) >= 11 is 1.27. The van der Waals surface area contributed by atoms with Gasteiger partial charge in [-0.2, -0.15) is 0 Å². The molecule has 0 aliphatic rings. The molecule has 1 amide bonds. The average molecular weight is 390 g/mol. The SMILES string of the molecule is Cc1nc(SCC(=O)Nc2cccc(-c3cnc4ccccc4n3)c2)oc1C. The van der Waals surface area contributed by atoms with Gasteiger partial charge in [-0.3, -0.25) is 9.78 Å². The lowest BCUT2D eigenvalue weighted by Crippen LogP contribution is -2.14. The number of nitrogens with one attached hydrogen (secondary N) is 1. The molecule has 0 bridgehead atoms. The van der Waals surface area contributed by atoms with E-state index in [1.165, 1.54) is 11.8 Å². The molecule has 140 valence electrons. The molecule has 0 aliphatic heterocycles. The van der Waals surface area contributed by atoms with E-state index in [1.807, 2.05) is 62.4 Å². The molecule has 0 radical (unpaired) electrons. The van der Waals surface area contributed by atoms with Gasteiger partial charge in [0.15, 0.2) is 0 Å². The number of aryl methyl sites for hydroxylation is 2. The summed E-state index contributed by atoms with van der Waals surface area (Å²) < 4.78 is 5.48. The number of carbonyl (C=O) groups excluding carboxylic acids is 1. The third-order valence-corrected chi connectivity index (χ3v) is 5.05. The quantitative estimate of drug-likeness (QED) is 0.500. The number of aromatic nitrogens is 3. The Morgan fingerprint density at radius 3 is 2.68 bits per heavy atom. The van der Waals surface area contributed by atoms with E-state index in [2.05, 4.69) is 20.3 Å². The first kappa shape index (κ1) is 18.2. The Morgan fingerprint density at radius 1 is 1.07 bits per heavy atom. The lowest BCUT2D eigenvalue weighted by atomic mass is 10.1. The molecule has 4 aromatic rings. The summed E-state index contributed by atoms with van der Waals surface area (Å²) in [5.74, 6) is 0.867. The maximum Gasteiger partial charge on any atom is 0.256 e. The van der Waals surface area contributed by atoms with E-state index in [1.54, 1.807) is 6.20 Å².